The van der Waals surface area contributed by atoms with Gasteiger partial charge in [0.15, 0.2) is 5.82 Å². The number of sulfonamides is 1. The first-order chi connectivity index (χ1) is 9.14. The summed E-state index contributed by atoms with van der Waals surface area (Å²) in [4.78, 5) is 11.7. The molecule has 2 rings (SSSR count). The number of halogens is 1. The highest BCUT2D eigenvalue weighted by atomic mass is 35.5. The maximum Gasteiger partial charge on any atom is 0.240 e. The van der Waals surface area contributed by atoms with Gasteiger partial charge in [-0.3, -0.25) is 9.48 Å². The first kappa shape index (κ1) is 14.6. The molecule has 108 valence electrons. The molecule has 2 N–H and O–H groups in total. The van der Waals surface area contributed by atoms with Crippen molar-refractivity contribution in [3.05, 3.63) is 17.2 Å². The molecule has 9 heteroatoms. The Morgan fingerprint density at radius 1 is 1.45 bits per heavy atom. The Hall–Kier alpha value is -1.80. The zero-order valence-corrected chi connectivity index (χ0v) is 12.7. The third-order valence-electron chi connectivity index (χ3n) is 2.76. The number of carbonyl (C=O) groups is 1. The Balaban J connectivity index is 2.92. The quantitative estimate of drug-likeness (QED) is 0.837. The third-order valence-corrected chi connectivity index (χ3v) is 4.17. The molecule has 0 atom stereocenters. The Morgan fingerprint density at radius 3 is 2.55 bits per heavy atom. The van der Waals surface area contributed by atoms with Crippen LogP contribution < -0.4 is 10.0 Å². The topological polar surface area (TPSA) is 98.3 Å². The van der Waals surface area contributed by atoms with Crippen molar-refractivity contribution < 1.29 is 13.2 Å². The van der Waals surface area contributed by atoms with Crippen molar-refractivity contribution in [3.8, 4) is 0 Å². The van der Waals surface area contributed by atoms with Crippen molar-refractivity contribution >= 4 is 49.9 Å². The number of aromatic nitrogens is 2. The molecular formula is C11H13ClN4O3S. The maximum atomic E-state index is 11.8. The largest absolute Gasteiger partial charge is 0.397 e. The summed E-state index contributed by atoms with van der Waals surface area (Å²) in [7, 11) is -2.22. The van der Waals surface area contributed by atoms with E-state index in [1.807, 2.05) is 0 Å². The molecule has 1 amide bonds. The van der Waals surface area contributed by atoms with E-state index in [-0.39, 0.29) is 10.8 Å². The average molecular weight is 317 g/mol. The van der Waals surface area contributed by atoms with Gasteiger partial charge in [0.25, 0.3) is 0 Å². The van der Waals surface area contributed by atoms with Crippen LogP contribution in [0.1, 0.15) is 6.92 Å². The van der Waals surface area contributed by atoms with Crippen LogP contribution in [0.4, 0.5) is 11.5 Å². The number of nitrogens with zero attached hydrogens (tertiary/aromatic N) is 3. The molecule has 0 aliphatic rings. The van der Waals surface area contributed by atoms with Crippen molar-refractivity contribution in [1.82, 2.24) is 9.78 Å². The maximum absolute atomic E-state index is 11.8. The van der Waals surface area contributed by atoms with Crippen LogP contribution in [0.5, 0.6) is 0 Å². The molecule has 0 aliphatic heterocycles. The lowest BCUT2D eigenvalue weighted by molar-refractivity contribution is -0.115. The van der Waals surface area contributed by atoms with Crippen LogP contribution in [0.3, 0.4) is 0 Å². The minimum absolute atomic E-state index is 0.0465. The Kier molecular flexibility index (Phi) is 3.39. The highest BCUT2D eigenvalue weighted by Gasteiger charge is 2.29. The van der Waals surface area contributed by atoms with E-state index in [4.69, 9.17) is 17.3 Å². The van der Waals surface area contributed by atoms with Gasteiger partial charge in [0, 0.05) is 14.0 Å². The van der Waals surface area contributed by atoms with Gasteiger partial charge in [-0.1, -0.05) is 11.6 Å². The predicted octanol–water partition coefficient (Wildman–Crippen LogP) is 1.12. The van der Waals surface area contributed by atoms with E-state index in [0.29, 0.717) is 20.9 Å². The molecule has 0 radical (unpaired) electrons. The van der Waals surface area contributed by atoms with Gasteiger partial charge in [-0.25, -0.2) is 8.42 Å². The number of fused-ring (bicyclic) bond motifs is 1. The summed E-state index contributed by atoms with van der Waals surface area (Å²) in [6, 6.07) is 3.12. The molecule has 0 spiro atoms. The number of nitrogens with two attached hydrogens (primary N) is 1. The monoisotopic (exact) mass is 316 g/mol. The number of anilines is 2. The molecule has 0 aliphatic carbocycles. The molecule has 1 aromatic carbocycles. The van der Waals surface area contributed by atoms with Gasteiger partial charge < -0.3 is 5.73 Å². The molecule has 1 aromatic heterocycles. The van der Waals surface area contributed by atoms with Crippen molar-refractivity contribution in [1.29, 1.82) is 0 Å². The minimum Gasteiger partial charge on any atom is -0.397 e. The van der Waals surface area contributed by atoms with Gasteiger partial charge in [0.05, 0.1) is 27.9 Å². The Bertz CT molecular complexity index is 813. The normalized spacial score (nSPS) is 11.8. The van der Waals surface area contributed by atoms with Gasteiger partial charge in [-0.15, -0.1) is 0 Å². The van der Waals surface area contributed by atoms with E-state index in [1.54, 1.807) is 13.1 Å². The standard InChI is InChI=1S/C11H13ClN4O3S/c1-6(17)16(20(3,18)19)11-9-7(12)4-5-8(13)10(9)15(2)14-11/h4-5H,13H2,1-3H3. The van der Waals surface area contributed by atoms with Crippen molar-refractivity contribution in [2.45, 2.75) is 6.92 Å². The van der Waals surface area contributed by atoms with Gasteiger partial charge in [-0.05, 0) is 12.1 Å². The van der Waals surface area contributed by atoms with Gasteiger partial charge in [0.1, 0.15) is 0 Å². The fraction of sp³-hybridized carbons (Fsp3) is 0.273. The summed E-state index contributed by atoms with van der Waals surface area (Å²) in [5, 5.41) is 4.68. The predicted molar refractivity (Wildman–Crippen MR) is 78.1 cm³/mol. The molecule has 0 bridgehead atoms. The molecule has 0 unspecified atom stereocenters. The number of carbonyl (C=O) groups excluding carboxylic acids is 1. The van der Waals surface area contributed by atoms with E-state index >= 15 is 0 Å². The fourth-order valence-electron chi connectivity index (χ4n) is 2.07. The Morgan fingerprint density at radius 2 is 2.05 bits per heavy atom. The van der Waals surface area contributed by atoms with Crippen LogP contribution in [-0.2, 0) is 21.9 Å². The van der Waals surface area contributed by atoms with E-state index in [2.05, 4.69) is 5.10 Å². The van der Waals surface area contributed by atoms with Crippen LogP contribution >= 0.6 is 11.6 Å². The first-order valence-electron chi connectivity index (χ1n) is 5.56. The van der Waals surface area contributed by atoms with E-state index in [9.17, 15) is 13.2 Å². The summed E-state index contributed by atoms with van der Waals surface area (Å²) in [6.07, 6.45) is 0.926. The zero-order chi connectivity index (χ0) is 15.2. The van der Waals surface area contributed by atoms with E-state index < -0.39 is 15.9 Å². The lowest BCUT2D eigenvalue weighted by atomic mass is 10.2. The number of hydrogen-bond acceptors (Lipinski definition) is 5. The average Bonchev–Trinajstić information content (AvgIpc) is 2.60. The Labute approximate surface area is 121 Å². The van der Waals surface area contributed by atoms with Crippen LogP contribution in [0.2, 0.25) is 5.02 Å². The van der Waals surface area contributed by atoms with Crippen LogP contribution in [0, 0.1) is 0 Å². The van der Waals surface area contributed by atoms with Crippen molar-refractivity contribution in [2.75, 3.05) is 16.3 Å². The van der Waals surface area contributed by atoms with Gasteiger partial charge in [0.2, 0.25) is 15.9 Å². The lowest BCUT2D eigenvalue weighted by Crippen LogP contribution is -2.34. The van der Waals surface area contributed by atoms with Crippen LogP contribution in [0.15, 0.2) is 12.1 Å². The summed E-state index contributed by atoms with van der Waals surface area (Å²) < 4.78 is 25.6. The summed E-state index contributed by atoms with van der Waals surface area (Å²) >= 11 is 6.10. The van der Waals surface area contributed by atoms with Crippen molar-refractivity contribution in [3.63, 3.8) is 0 Å². The molecule has 2 aromatic rings. The SMILES string of the molecule is CC(=O)N(c1nn(C)c2c(N)ccc(Cl)c12)S(C)(=O)=O. The molecule has 0 saturated carbocycles. The number of rotatable bonds is 2. The van der Waals surface area contributed by atoms with Crippen LogP contribution in [0.25, 0.3) is 10.9 Å². The molecule has 0 fully saturated rings. The molecule has 20 heavy (non-hydrogen) atoms. The van der Waals surface area contributed by atoms with E-state index in [0.717, 1.165) is 13.2 Å². The smallest absolute Gasteiger partial charge is 0.240 e. The summed E-state index contributed by atoms with van der Waals surface area (Å²) in [5.41, 5.74) is 6.72. The summed E-state index contributed by atoms with van der Waals surface area (Å²) in [6.45, 7) is 1.14. The van der Waals surface area contributed by atoms with Crippen LogP contribution in [-0.4, -0.2) is 30.4 Å². The second-order valence-electron chi connectivity index (χ2n) is 4.35. The highest BCUT2D eigenvalue weighted by molar-refractivity contribution is 7.92. The number of hydrogen-bond donors (Lipinski definition) is 1. The van der Waals surface area contributed by atoms with Gasteiger partial charge >= 0.3 is 0 Å². The number of nitrogen functional groups attached to an aromatic ring is 1. The van der Waals surface area contributed by atoms with E-state index in [1.165, 1.54) is 10.7 Å². The third kappa shape index (κ3) is 2.20. The number of amides is 1. The van der Waals surface area contributed by atoms with Crippen molar-refractivity contribution in [2.24, 2.45) is 7.05 Å². The lowest BCUT2D eigenvalue weighted by Gasteiger charge is -2.16. The molecular weight excluding hydrogens is 304 g/mol. The first-order valence-corrected chi connectivity index (χ1v) is 7.78. The number of aryl methyl sites for hydroxylation is 1. The second-order valence-corrected chi connectivity index (χ2v) is 6.59. The molecule has 1 heterocycles. The molecule has 0 saturated heterocycles. The summed E-state index contributed by atoms with van der Waals surface area (Å²) in [5.74, 6) is -0.721. The fourth-order valence-corrected chi connectivity index (χ4v) is 3.21. The zero-order valence-electron chi connectivity index (χ0n) is 11.1. The number of benzene rings is 1. The second kappa shape index (κ2) is 4.64. The minimum atomic E-state index is -3.82. The van der Waals surface area contributed by atoms with Gasteiger partial charge in [-0.2, -0.15) is 9.40 Å². The molecule has 7 nitrogen and oxygen atoms in total. The highest BCUT2D eigenvalue weighted by Crippen LogP contribution is 2.36.